The van der Waals surface area contributed by atoms with Gasteiger partial charge in [-0.05, 0) is 12.1 Å². The Labute approximate surface area is 117 Å². The average molecular weight is 274 g/mol. The summed E-state index contributed by atoms with van der Waals surface area (Å²) in [5.41, 5.74) is 3.80. The van der Waals surface area contributed by atoms with Crippen LogP contribution in [-0.2, 0) is 9.59 Å². The summed E-state index contributed by atoms with van der Waals surface area (Å²) in [5.74, 6) is -0.364. The van der Waals surface area contributed by atoms with E-state index < -0.39 is 0 Å². The molecule has 2 rings (SSSR count). The second-order valence-corrected chi connectivity index (χ2v) is 4.61. The van der Waals surface area contributed by atoms with Crippen molar-refractivity contribution in [3.63, 3.8) is 0 Å². The Kier molecular flexibility index (Phi) is 4.70. The van der Waals surface area contributed by atoms with Gasteiger partial charge in [0.05, 0.1) is 0 Å². The van der Waals surface area contributed by atoms with Crippen molar-refractivity contribution in [1.29, 1.82) is 0 Å². The van der Waals surface area contributed by atoms with Crippen LogP contribution in [0.15, 0.2) is 35.4 Å². The molecule has 1 heterocycles. The maximum Gasteiger partial charge on any atom is 0.267 e. The Morgan fingerprint density at radius 2 is 2.10 bits per heavy atom. The van der Waals surface area contributed by atoms with Crippen LogP contribution in [-0.4, -0.2) is 37.7 Å². The van der Waals surface area contributed by atoms with E-state index in [-0.39, 0.29) is 11.8 Å². The molecule has 0 spiro atoms. The van der Waals surface area contributed by atoms with Crippen molar-refractivity contribution in [2.75, 3.05) is 25.0 Å². The van der Waals surface area contributed by atoms with E-state index >= 15 is 0 Å². The van der Waals surface area contributed by atoms with Crippen LogP contribution in [0.4, 0.5) is 5.69 Å². The van der Waals surface area contributed by atoms with Crippen LogP contribution in [0, 0.1) is 0 Å². The molecule has 20 heavy (non-hydrogen) atoms. The molecule has 1 aliphatic heterocycles. The minimum atomic E-state index is -0.216. The first kappa shape index (κ1) is 14.0. The van der Waals surface area contributed by atoms with E-state index in [2.05, 4.69) is 20.7 Å². The fraction of sp³-hybridized carbons (Fsp3) is 0.357. The van der Waals surface area contributed by atoms with Crippen molar-refractivity contribution in [2.24, 2.45) is 5.10 Å². The number of para-hydroxylation sites is 1. The van der Waals surface area contributed by atoms with E-state index in [1.807, 2.05) is 37.4 Å². The molecule has 6 heteroatoms. The molecule has 0 saturated carbocycles. The number of carbonyl (C=O) groups is 2. The maximum atomic E-state index is 11.8. The third-order valence-electron chi connectivity index (χ3n) is 3.10. The van der Waals surface area contributed by atoms with Gasteiger partial charge in [-0.1, -0.05) is 18.2 Å². The summed E-state index contributed by atoms with van der Waals surface area (Å²) >= 11 is 0. The number of nitrogens with zero attached hydrogens (tertiary/aromatic N) is 2. The van der Waals surface area contributed by atoms with Gasteiger partial charge in [0.25, 0.3) is 5.91 Å². The summed E-state index contributed by atoms with van der Waals surface area (Å²) in [4.78, 5) is 24.8. The standard InChI is InChI=1S/C14H18N4O2/c1-18(11-5-3-2-4-6-11)10-9-15-14(20)12-7-8-13(19)17-16-12/h2-6H,7-10H2,1H3,(H,15,20)(H,17,19). The fourth-order valence-electron chi connectivity index (χ4n) is 1.89. The van der Waals surface area contributed by atoms with Crippen molar-refractivity contribution in [1.82, 2.24) is 10.7 Å². The molecular formula is C14H18N4O2. The first-order valence-corrected chi connectivity index (χ1v) is 6.56. The van der Waals surface area contributed by atoms with Crippen LogP contribution in [0.2, 0.25) is 0 Å². The predicted molar refractivity (Wildman–Crippen MR) is 77.5 cm³/mol. The molecule has 2 N–H and O–H groups in total. The van der Waals surface area contributed by atoms with E-state index in [9.17, 15) is 9.59 Å². The highest BCUT2D eigenvalue weighted by Gasteiger charge is 2.17. The number of likely N-dealkylation sites (N-methyl/N-ethyl adjacent to an activating group) is 1. The van der Waals surface area contributed by atoms with Crippen molar-refractivity contribution in [3.8, 4) is 0 Å². The van der Waals surface area contributed by atoms with Crippen molar-refractivity contribution in [3.05, 3.63) is 30.3 Å². The van der Waals surface area contributed by atoms with Gasteiger partial charge < -0.3 is 10.2 Å². The van der Waals surface area contributed by atoms with E-state index in [0.29, 0.717) is 31.6 Å². The molecule has 106 valence electrons. The Bertz CT molecular complexity index is 513. The second kappa shape index (κ2) is 6.70. The van der Waals surface area contributed by atoms with Gasteiger partial charge >= 0.3 is 0 Å². The van der Waals surface area contributed by atoms with E-state index in [4.69, 9.17) is 0 Å². The van der Waals surface area contributed by atoms with Gasteiger partial charge in [0, 0.05) is 38.7 Å². The number of carbonyl (C=O) groups excluding carboxylic acids is 2. The third kappa shape index (κ3) is 3.81. The summed E-state index contributed by atoms with van der Waals surface area (Å²) in [7, 11) is 1.97. The fourth-order valence-corrected chi connectivity index (χ4v) is 1.89. The van der Waals surface area contributed by atoms with Crippen LogP contribution >= 0.6 is 0 Å². The summed E-state index contributed by atoms with van der Waals surface area (Å²) in [6.45, 7) is 1.23. The summed E-state index contributed by atoms with van der Waals surface area (Å²) < 4.78 is 0. The first-order chi connectivity index (χ1) is 9.66. The molecule has 6 nitrogen and oxygen atoms in total. The van der Waals surface area contributed by atoms with Gasteiger partial charge in [-0.2, -0.15) is 5.10 Å². The van der Waals surface area contributed by atoms with Crippen molar-refractivity contribution < 1.29 is 9.59 Å². The molecule has 0 bridgehead atoms. The maximum absolute atomic E-state index is 11.8. The predicted octanol–water partition coefficient (Wildman–Crippen LogP) is 0.505. The number of hydrogen-bond acceptors (Lipinski definition) is 4. The topological polar surface area (TPSA) is 73.8 Å². The SMILES string of the molecule is CN(CCNC(=O)C1=NNC(=O)CC1)c1ccccc1. The Balaban J connectivity index is 1.76. The number of benzene rings is 1. The summed E-state index contributed by atoms with van der Waals surface area (Å²) in [5, 5.41) is 6.56. The number of anilines is 1. The smallest absolute Gasteiger partial charge is 0.267 e. The Morgan fingerprint density at radius 3 is 2.75 bits per heavy atom. The lowest BCUT2D eigenvalue weighted by molar-refractivity contribution is -0.121. The minimum absolute atomic E-state index is 0.148. The highest BCUT2D eigenvalue weighted by Crippen LogP contribution is 2.09. The second-order valence-electron chi connectivity index (χ2n) is 4.61. The number of nitrogens with one attached hydrogen (secondary N) is 2. The zero-order valence-corrected chi connectivity index (χ0v) is 11.4. The monoisotopic (exact) mass is 274 g/mol. The highest BCUT2D eigenvalue weighted by molar-refractivity contribution is 6.39. The number of hydrazone groups is 1. The van der Waals surface area contributed by atoms with Crippen LogP contribution in [0.25, 0.3) is 0 Å². The third-order valence-corrected chi connectivity index (χ3v) is 3.10. The molecule has 0 unspecified atom stereocenters. The highest BCUT2D eigenvalue weighted by atomic mass is 16.2. The minimum Gasteiger partial charge on any atom is -0.373 e. The summed E-state index contributed by atoms with van der Waals surface area (Å²) in [6.07, 6.45) is 0.711. The summed E-state index contributed by atoms with van der Waals surface area (Å²) in [6, 6.07) is 9.95. The molecule has 1 aliphatic rings. The van der Waals surface area contributed by atoms with Gasteiger partial charge in [0.1, 0.15) is 5.71 Å². The lowest BCUT2D eigenvalue weighted by Gasteiger charge is -2.19. The van der Waals surface area contributed by atoms with Crippen molar-refractivity contribution >= 4 is 23.2 Å². The average Bonchev–Trinajstić information content (AvgIpc) is 2.48. The van der Waals surface area contributed by atoms with Gasteiger partial charge in [-0.3, -0.25) is 9.59 Å². The lowest BCUT2D eigenvalue weighted by atomic mass is 10.1. The normalized spacial score (nSPS) is 14.2. The van der Waals surface area contributed by atoms with Crippen LogP contribution in [0.5, 0.6) is 0 Å². The Morgan fingerprint density at radius 1 is 1.35 bits per heavy atom. The molecule has 0 fully saturated rings. The molecular weight excluding hydrogens is 256 g/mol. The van der Waals surface area contributed by atoms with Crippen LogP contribution < -0.4 is 15.6 Å². The lowest BCUT2D eigenvalue weighted by Crippen LogP contribution is -2.39. The molecule has 1 aromatic rings. The van der Waals surface area contributed by atoms with Crippen LogP contribution in [0.1, 0.15) is 12.8 Å². The molecule has 0 atom stereocenters. The largest absolute Gasteiger partial charge is 0.373 e. The zero-order valence-electron chi connectivity index (χ0n) is 11.4. The van der Waals surface area contributed by atoms with E-state index in [0.717, 1.165) is 5.69 Å². The van der Waals surface area contributed by atoms with Gasteiger partial charge in [-0.25, -0.2) is 5.43 Å². The molecule has 0 aliphatic carbocycles. The van der Waals surface area contributed by atoms with Gasteiger partial charge in [-0.15, -0.1) is 0 Å². The van der Waals surface area contributed by atoms with E-state index in [1.165, 1.54) is 0 Å². The van der Waals surface area contributed by atoms with Crippen LogP contribution in [0.3, 0.4) is 0 Å². The molecule has 1 aromatic carbocycles. The van der Waals surface area contributed by atoms with E-state index in [1.54, 1.807) is 0 Å². The number of amides is 2. The number of hydrogen-bond donors (Lipinski definition) is 2. The number of rotatable bonds is 5. The molecule has 0 saturated heterocycles. The van der Waals surface area contributed by atoms with Crippen molar-refractivity contribution in [2.45, 2.75) is 12.8 Å². The van der Waals surface area contributed by atoms with Gasteiger partial charge in [0.15, 0.2) is 0 Å². The zero-order chi connectivity index (χ0) is 14.4. The first-order valence-electron chi connectivity index (χ1n) is 6.56. The molecule has 0 radical (unpaired) electrons. The molecule has 0 aromatic heterocycles. The quantitative estimate of drug-likeness (QED) is 0.821. The Hall–Kier alpha value is -2.37. The molecule has 2 amide bonds. The van der Waals surface area contributed by atoms with Gasteiger partial charge in [0.2, 0.25) is 5.91 Å².